The van der Waals surface area contributed by atoms with Crippen LogP contribution in [0.25, 0.3) is 5.69 Å². The molecule has 0 aliphatic heterocycles. The minimum Gasteiger partial charge on any atom is -0.331 e. The van der Waals surface area contributed by atoms with E-state index >= 15 is 0 Å². The lowest BCUT2D eigenvalue weighted by molar-refractivity contribution is 0.793. The predicted molar refractivity (Wildman–Crippen MR) is 82.3 cm³/mol. The highest BCUT2D eigenvalue weighted by Gasteiger charge is 2.08. The van der Waals surface area contributed by atoms with Gasteiger partial charge in [-0.1, -0.05) is 17.3 Å². The first-order chi connectivity index (χ1) is 10.4. The van der Waals surface area contributed by atoms with Crippen molar-refractivity contribution in [2.24, 2.45) is 0 Å². The third kappa shape index (κ3) is 3.22. The fraction of sp³-hybridized carbons (Fsp3) is 0.214. The molecule has 108 valence electrons. The predicted octanol–water partition coefficient (Wildman–Crippen LogP) is 2.91. The summed E-state index contributed by atoms with van der Waals surface area (Å²) in [5.74, 6) is 1.31. The summed E-state index contributed by atoms with van der Waals surface area (Å²) in [4.78, 5) is 7.18. The maximum atomic E-state index is 5.70. The lowest BCUT2D eigenvalue weighted by atomic mass is 10.2. The Balaban J connectivity index is 1.86. The van der Waals surface area contributed by atoms with Crippen LogP contribution in [-0.2, 0) is 6.42 Å². The van der Waals surface area contributed by atoms with Crippen molar-refractivity contribution < 1.29 is 0 Å². The molecule has 0 aliphatic carbocycles. The molecule has 0 radical (unpaired) electrons. The fourth-order valence-corrected chi connectivity index (χ4v) is 2.15. The van der Waals surface area contributed by atoms with Crippen LogP contribution in [0.15, 0.2) is 42.9 Å². The lowest BCUT2D eigenvalue weighted by Crippen LogP contribution is -2.01. The Kier molecular flexibility index (Phi) is 4.16. The van der Waals surface area contributed by atoms with Crippen molar-refractivity contribution in [1.82, 2.24) is 25.0 Å². The molecule has 7 heteroatoms. The van der Waals surface area contributed by atoms with Crippen LogP contribution in [0, 0.1) is 0 Å². The monoisotopic (exact) mass is 302 g/mol. The summed E-state index contributed by atoms with van der Waals surface area (Å²) in [6.45, 7) is 0. The number of nitrogens with one attached hydrogen (secondary N) is 2. The van der Waals surface area contributed by atoms with Gasteiger partial charge in [0, 0.05) is 18.3 Å². The summed E-state index contributed by atoms with van der Waals surface area (Å²) in [6, 6.07) is 7.87. The normalized spacial score (nSPS) is 10.7. The Hall–Kier alpha value is -2.34. The van der Waals surface area contributed by atoms with Gasteiger partial charge in [-0.05, 0) is 25.0 Å². The van der Waals surface area contributed by atoms with Gasteiger partial charge in [0.1, 0.15) is 0 Å². The molecule has 0 aliphatic rings. The maximum absolute atomic E-state index is 5.70. The highest BCUT2D eigenvalue weighted by Crippen LogP contribution is 2.22. The molecule has 0 saturated carbocycles. The molecule has 0 spiro atoms. The first-order valence-corrected chi connectivity index (χ1v) is 7.23. The van der Waals surface area contributed by atoms with Gasteiger partial charge in [-0.15, -0.1) is 16.7 Å². The fourth-order valence-electron chi connectivity index (χ4n) is 2.02. The number of nitrogens with zero attached hydrogens (tertiary/aromatic N) is 4. The highest BCUT2D eigenvalue weighted by atomic mass is 35.5. The van der Waals surface area contributed by atoms with E-state index in [1.165, 1.54) is 0 Å². The number of aromatic amines is 1. The van der Waals surface area contributed by atoms with Crippen LogP contribution in [0.3, 0.4) is 0 Å². The number of imidazole rings is 1. The highest BCUT2D eigenvalue weighted by molar-refractivity contribution is 6.17. The number of hydrogen-bond acceptors (Lipinski definition) is 4. The number of H-pyrrole nitrogens is 1. The molecule has 0 fully saturated rings. The van der Waals surface area contributed by atoms with Gasteiger partial charge >= 0.3 is 0 Å². The van der Waals surface area contributed by atoms with E-state index < -0.39 is 0 Å². The molecule has 6 nitrogen and oxygen atoms in total. The van der Waals surface area contributed by atoms with Gasteiger partial charge in [0.05, 0.1) is 23.3 Å². The van der Waals surface area contributed by atoms with Crippen molar-refractivity contribution in [3.05, 3.63) is 48.5 Å². The summed E-state index contributed by atoms with van der Waals surface area (Å²) >= 11 is 5.70. The third-order valence-electron chi connectivity index (χ3n) is 3.01. The number of para-hydroxylation sites is 2. The molecule has 2 heterocycles. The molecule has 0 amide bonds. The molecular weight excluding hydrogens is 288 g/mol. The van der Waals surface area contributed by atoms with Crippen LogP contribution in [-0.4, -0.2) is 30.8 Å². The van der Waals surface area contributed by atoms with Crippen LogP contribution >= 0.6 is 11.6 Å². The summed E-state index contributed by atoms with van der Waals surface area (Å²) in [5.41, 5.74) is 2.75. The van der Waals surface area contributed by atoms with Crippen LogP contribution < -0.4 is 5.32 Å². The van der Waals surface area contributed by atoms with Gasteiger partial charge in [0.2, 0.25) is 5.95 Å². The SMILES string of the molecule is ClCCCc1cn(-c2ccccc2Nc2ncc[nH]2)nn1. The van der Waals surface area contributed by atoms with E-state index in [-0.39, 0.29) is 0 Å². The van der Waals surface area contributed by atoms with Crippen molar-refractivity contribution in [1.29, 1.82) is 0 Å². The van der Waals surface area contributed by atoms with Crippen LogP contribution in [0.5, 0.6) is 0 Å². The second-order valence-electron chi connectivity index (χ2n) is 4.53. The minimum absolute atomic E-state index is 0.628. The van der Waals surface area contributed by atoms with Gasteiger partial charge in [0.15, 0.2) is 0 Å². The molecule has 2 N–H and O–H groups in total. The van der Waals surface area contributed by atoms with E-state index in [1.807, 2.05) is 30.5 Å². The van der Waals surface area contributed by atoms with Crippen molar-refractivity contribution in [3.63, 3.8) is 0 Å². The number of benzene rings is 1. The van der Waals surface area contributed by atoms with Gasteiger partial charge < -0.3 is 10.3 Å². The second kappa shape index (κ2) is 6.41. The molecule has 1 aromatic carbocycles. The van der Waals surface area contributed by atoms with E-state index in [9.17, 15) is 0 Å². The Morgan fingerprint density at radius 1 is 1.29 bits per heavy atom. The van der Waals surface area contributed by atoms with E-state index in [2.05, 4.69) is 25.6 Å². The van der Waals surface area contributed by atoms with Crippen LogP contribution in [0.4, 0.5) is 11.6 Å². The van der Waals surface area contributed by atoms with Crippen LogP contribution in [0.2, 0.25) is 0 Å². The number of halogens is 1. The Labute approximate surface area is 127 Å². The van der Waals surface area contributed by atoms with Gasteiger partial charge in [-0.25, -0.2) is 9.67 Å². The standard InChI is InChI=1S/C14H15ClN6/c15-7-3-4-11-10-21(20-19-11)13-6-2-1-5-12(13)18-14-16-8-9-17-14/h1-2,5-6,8-10H,3-4,7H2,(H2,16,17,18). The van der Waals surface area contributed by atoms with E-state index in [4.69, 9.17) is 11.6 Å². The molecule has 0 unspecified atom stereocenters. The average molecular weight is 303 g/mol. The summed E-state index contributed by atoms with van der Waals surface area (Å²) in [5, 5.41) is 11.6. The van der Waals surface area contributed by atoms with Gasteiger partial charge in [-0.3, -0.25) is 0 Å². The van der Waals surface area contributed by atoms with E-state index in [0.29, 0.717) is 11.8 Å². The van der Waals surface area contributed by atoms with Crippen molar-refractivity contribution in [3.8, 4) is 5.69 Å². The quantitative estimate of drug-likeness (QED) is 0.687. The largest absolute Gasteiger partial charge is 0.331 e. The second-order valence-corrected chi connectivity index (χ2v) is 4.90. The number of alkyl halides is 1. The first-order valence-electron chi connectivity index (χ1n) is 6.70. The zero-order valence-electron chi connectivity index (χ0n) is 11.3. The van der Waals surface area contributed by atoms with Crippen molar-refractivity contribution >= 4 is 23.2 Å². The lowest BCUT2D eigenvalue weighted by Gasteiger charge is -2.09. The molecular formula is C14H15ClN6. The van der Waals surface area contributed by atoms with Crippen molar-refractivity contribution in [2.75, 3.05) is 11.2 Å². The number of hydrogen-bond donors (Lipinski definition) is 2. The molecule has 2 aromatic heterocycles. The summed E-state index contributed by atoms with van der Waals surface area (Å²) < 4.78 is 1.76. The topological polar surface area (TPSA) is 71.4 Å². The molecule has 21 heavy (non-hydrogen) atoms. The van der Waals surface area contributed by atoms with E-state index in [0.717, 1.165) is 29.9 Å². The van der Waals surface area contributed by atoms with Gasteiger partial charge in [-0.2, -0.15) is 0 Å². The zero-order valence-corrected chi connectivity index (χ0v) is 12.1. The number of rotatable bonds is 6. The Morgan fingerprint density at radius 3 is 3.00 bits per heavy atom. The number of aryl methyl sites for hydroxylation is 1. The number of aromatic nitrogens is 5. The van der Waals surface area contributed by atoms with Crippen LogP contribution in [0.1, 0.15) is 12.1 Å². The van der Waals surface area contributed by atoms with E-state index in [1.54, 1.807) is 17.1 Å². The number of anilines is 2. The third-order valence-corrected chi connectivity index (χ3v) is 3.28. The molecule has 3 aromatic rings. The van der Waals surface area contributed by atoms with Crippen molar-refractivity contribution in [2.45, 2.75) is 12.8 Å². The Bertz CT molecular complexity index is 691. The molecule has 0 saturated heterocycles. The molecule has 0 bridgehead atoms. The molecule has 0 atom stereocenters. The first kappa shape index (κ1) is 13.6. The Morgan fingerprint density at radius 2 is 2.19 bits per heavy atom. The molecule has 3 rings (SSSR count). The smallest absolute Gasteiger partial charge is 0.204 e. The maximum Gasteiger partial charge on any atom is 0.204 e. The average Bonchev–Trinajstić information content (AvgIpc) is 3.17. The minimum atomic E-state index is 0.628. The summed E-state index contributed by atoms with van der Waals surface area (Å²) in [7, 11) is 0. The van der Waals surface area contributed by atoms with Gasteiger partial charge in [0.25, 0.3) is 0 Å². The zero-order chi connectivity index (χ0) is 14.5. The summed E-state index contributed by atoms with van der Waals surface area (Å²) in [6.07, 6.45) is 7.12.